The van der Waals surface area contributed by atoms with Gasteiger partial charge in [0.2, 0.25) is 5.91 Å². The molecular weight excluding hydrogens is 350 g/mol. The van der Waals surface area contributed by atoms with Crippen molar-refractivity contribution in [3.05, 3.63) is 82.1 Å². The van der Waals surface area contributed by atoms with Crippen molar-refractivity contribution < 1.29 is 4.79 Å². The predicted octanol–water partition coefficient (Wildman–Crippen LogP) is 3.98. The molecule has 0 spiro atoms. The van der Waals surface area contributed by atoms with Crippen LogP contribution in [0.2, 0.25) is 5.02 Å². The summed E-state index contributed by atoms with van der Waals surface area (Å²) in [5.74, 6) is -0.0851. The van der Waals surface area contributed by atoms with Gasteiger partial charge < -0.3 is 5.32 Å². The van der Waals surface area contributed by atoms with Crippen molar-refractivity contribution in [3.8, 4) is 11.3 Å². The molecule has 1 amide bonds. The topological polar surface area (TPSA) is 64.0 Å². The van der Waals surface area contributed by atoms with Gasteiger partial charge in [0.05, 0.1) is 5.69 Å². The van der Waals surface area contributed by atoms with Crippen molar-refractivity contribution in [2.45, 2.75) is 19.4 Å². The van der Waals surface area contributed by atoms with Gasteiger partial charge in [0.1, 0.15) is 0 Å². The van der Waals surface area contributed by atoms with Gasteiger partial charge in [0.25, 0.3) is 5.56 Å². The maximum atomic E-state index is 12.0. The standard InChI is InChI=1S/C20H18ClN3O2/c21-16-10-8-15(9-11-16)18-12-13-20(26)24(23-18)14-4-7-19(25)22-17-5-2-1-3-6-17/h1-3,5-6,8-13H,4,7,14H2,(H,22,25). The van der Waals surface area contributed by atoms with Crippen LogP contribution in [-0.2, 0) is 11.3 Å². The smallest absolute Gasteiger partial charge is 0.266 e. The quantitative estimate of drug-likeness (QED) is 0.716. The minimum atomic E-state index is -0.189. The number of nitrogens with zero attached hydrogens (tertiary/aromatic N) is 2. The molecule has 132 valence electrons. The number of carbonyl (C=O) groups excluding carboxylic acids is 1. The summed E-state index contributed by atoms with van der Waals surface area (Å²) >= 11 is 5.90. The highest BCUT2D eigenvalue weighted by Gasteiger charge is 2.06. The number of aryl methyl sites for hydroxylation is 1. The Morgan fingerprint density at radius 1 is 1.00 bits per heavy atom. The van der Waals surface area contributed by atoms with Crippen LogP contribution in [0.3, 0.4) is 0 Å². The maximum Gasteiger partial charge on any atom is 0.266 e. The molecule has 3 aromatic rings. The summed E-state index contributed by atoms with van der Waals surface area (Å²) in [4.78, 5) is 24.0. The molecule has 1 heterocycles. The zero-order valence-corrected chi connectivity index (χ0v) is 14.8. The number of rotatable bonds is 6. The molecule has 0 bridgehead atoms. The van der Waals surface area contributed by atoms with Crippen molar-refractivity contribution >= 4 is 23.2 Å². The van der Waals surface area contributed by atoms with Crippen molar-refractivity contribution in [3.63, 3.8) is 0 Å². The molecular formula is C20H18ClN3O2. The predicted molar refractivity (Wildman–Crippen MR) is 103 cm³/mol. The molecule has 3 rings (SSSR count). The fourth-order valence-corrected chi connectivity index (χ4v) is 2.64. The summed E-state index contributed by atoms with van der Waals surface area (Å²) in [6.45, 7) is 0.377. The Balaban J connectivity index is 1.61. The average Bonchev–Trinajstić information content (AvgIpc) is 2.65. The Hall–Kier alpha value is -2.92. The molecule has 0 radical (unpaired) electrons. The lowest BCUT2D eigenvalue weighted by Gasteiger charge is -2.08. The Bertz CT molecular complexity index is 937. The lowest BCUT2D eigenvalue weighted by molar-refractivity contribution is -0.116. The molecule has 0 aliphatic heterocycles. The van der Waals surface area contributed by atoms with Crippen molar-refractivity contribution in [1.29, 1.82) is 0 Å². The second-order valence-corrected chi connectivity index (χ2v) is 6.24. The van der Waals surface area contributed by atoms with E-state index >= 15 is 0 Å². The second-order valence-electron chi connectivity index (χ2n) is 5.80. The monoisotopic (exact) mass is 367 g/mol. The van der Waals surface area contributed by atoms with E-state index in [0.29, 0.717) is 30.1 Å². The zero-order chi connectivity index (χ0) is 18.4. The van der Waals surface area contributed by atoms with E-state index in [2.05, 4.69) is 10.4 Å². The summed E-state index contributed by atoms with van der Waals surface area (Å²) in [5, 5.41) is 7.85. The third kappa shape index (κ3) is 4.80. The Labute approximate surface area is 156 Å². The lowest BCUT2D eigenvalue weighted by atomic mass is 10.1. The fraction of sp³-hybridized carbons (Fsp3) is 0.150. The summed E-state index contributed by atoms with van der Waals surface area (Å²) < 4.78 is 1.39. The molecule has 1 N–H and O–H groups in total. The number of hydrogen-bond donors (Lipinski definition) is 1. The normalized spacial score (nSPS) is 10.5. The van der Waals surface area contributed by atoms with E-state index in [-0.39, 0.29) is 11.5 Å². The average molecular weight is 368 g/mol. The number of benzene rings is 2. The van der Waals surface area contributed by atoms with E-state index in [1.807, 2.05) is 42.5 Å². The van der Waals surface area contributed by atoms with E-state index in [1.54, 1.807) is 18.2 Å². The molecule has 5 nitrogen and oxygen atoms in total. The third-order valence-corrected chi connectivity index (χ3v) is 4.09. The van der Waals surface area contributed by atoms with Crippen LogP contribution in [0.25, 0.3) is 11.3 Å². The Kier molecular flexibility index (Phi) is 5.81. The van der Waals surface area contributed by atoms with Crippen LogP contribution >= 0.6 is 11.6 Å². The van der Waals surface area contributed by atoms with Gasteiger partial charge in [-0.05, 0) is 36.8 Å². The fourth-order valence-electron chi connectivity index (χ4n) is 2.52. The molecule has 0 saturated carbocycles. The molecule has 0 atom stereocenters. The SMILES string of the molecule is O=C(CCCn1nc(-c2ccc(Cl)cc2)ccc1=O)Nc1ccccc1. The van der Waals surface area contributed by atoms with E-state index in [9.17, 15) is 9.59 Å². The number of anilines is 1. The first kappa shape index (κ1) is 17.9. The minimum Gasteiger partial charge on any atom is -0.326 e. The molecule has 26 heavy (non-hydrogen) atoms. The van der Waals surface area contributed by atoms with E-state index in [4.69, 9.17) is 11.6 Å². The van der Waals surface area contributed by atoms with Gasteiger partial charge in [-0.3, -0.25) is 9.59 Å². The Morgan fingerprint density at radius 3 is 2.46 bits per heavy atom. The molecule has 0 aliphatic rings. The van der Waals surface area contributed by atoms with Crippen LogP contribution in [0.4, 0.5) is 5.69 Å². The lowest BCUT2D eigenvalue weighted by Crippen LogP contribution is -2.23. The summed E-state index contributed by atoms with van der Waals surface area (Å²) in [6, 6.07) is 19.7. The van der Waals surface area contributed by atoms with E-state index in [0.717, 1.165) is 11.3 Å². The van der Waals surface area contributed by atoms with Crippen molar-refractivity contribution in [2.24, 2.45) is 0 Å². The highest BCUT2D eigenvalue weighted by molar-refractivity contribution is 6.30. The number of para-hydroxylation sites is 1. The molecule has 0 fully saturated rings. The first-order valence-corrected chi connectivity index (χ1v) is 8.68. The highest BCUT2D eigenvalue weighted by Crippen LogP contribution is 2.18. The number of hydrogen-bond acceptors (Lipinski definition) is 3. The third-order valence-electron chi connectivity index (χ3n) is 3.84. The van der Waals surface area contributed by atoms with Gasteiger partial charge in [-0.2, -0.15) is 5.10 Å². The highest BCUT2D eigenvalue weighted by atomic mass is 35.5. The molecule has 0 unspecified atom stereocenters. The number of carbonyl (C=O) groups is 1. The number of nitrogens with one attached hydrogen (secondary N) is 1. The van der Waals surface area contributed by atoms with Gasteiger partial charge in [-0.25, -0.2) is 4.68 Å². The number of aromatic nitrogens is 2. The minimum absolute atomic E-state index is 0.0851. The summed E-state index contributed by atoms with van der Waals surface area (Å²) in [5.41, 5.74) is 2.14. The van der Waals surface area contributed by atoms with Crippen LogP contribution in [0.15, 0.2) is 71.5 Å². The first-order valence-electron chi connectivity index (χ1n) is 8.31. The van der Waals surface area contributed by atoms with Gasteiger partial charge >= 0.3 is 0 Å². The largest absolute Gasteiger partial charge is 0.326 e. The Morgan fingerprint density at radius 2 is 1.73 bits per heavy atom. The van der Waals surface area contributed by atoms with Gasteiger partial charge in [-0.15, -0.1) is 0 Å². The van der Waals surface area contributed by atoms with Gasteiger partial charge in [0, 0.05) is 35.3 Å². The van der Waals surface area contributed by atoms with Crippen LogP contribution in [-0.4, -0.2) is 15.7 Å². The first-order chi connectivity index (χ1) is 12.6. The van der Waals surface area contributed by atoms with Gasteiger partial charge in [-0.1, -0.05) is 41.9 Å². The van der Waals surface area contributed by atoms with Crippen molar-refractivity contribution in [1.82, 2.24) is 9.78 Å². The summed E-state index contributed by atoms with van der Waals surface area (Å²) in [6.07, 6.45) is 0.837. The molecule has 6 heteroatoms. The van der Waals surface area contributed by atoms with Crippen LogP contribution in [0.1, 0.15) is 12.8 Å². The van der Waals surface area contributed by atoms with Crippen LogP contribution in [0, 0.1) is 0 Å². The molecule has 2 aromatic carbocycles. The van der Waals surface area contributed by atoms with Gasteiger partial charge in [0.15, 0.2) is 0 Å². The zero-order valence-electron chi connectivity index (χ0n) is 14.1. The van der Waals surface area contributed by atoms with Crippen LogP contribution in [0.5, 0.6) is 0 Å². The maximum absolute atomic E-state index is 12.0. The van der Waals surface area contributed by atoms with E-state index in [1.165, 1.54) is 10.7 Å². The van der Waals surface area contributed by atoms with Crippen molar-refractivity contribution in [2.75, 3.05) is 5.32 Å². The molecule has 0 saturated heterocycles. The second kappa shape index (κ2) is 8.45. The van der Waals surface area contributed by atoms with Crippen LogP contribution < -0.4 is 10.9 Å². The molecule has 0 aliphatic carbocycles. The number of amides is 1. The summed E-state index contributed by atoms with van der Waals surface area (Å²) in [7, 11) is 0. The number of halogens is 1. The van der Waals surface area contributed by atoms with E-state index < -0.39 is 0 Å². The molecule has 1 aromatic heterocycles.